The Hall–Kier alpha value is -7.29. The molecule has 0 N–H and O–H groups in total. The molecule has 5 nitrogen and oxygen atoms in total. The number of hydrogen-bond donors (Lipinski definition) is 0. The summed E-state index contributed by atoms with van der Waals surface area (Å²) >= 11 is 0. The van der Waals surface area contributed by atoms with E-state index in [1.54, 1.807) is 0 Å². The monoisotopic (exact) mass is 663 g/mol. The molecule has 0 atom stereocenters. The van der Waals surface area contributed by atoms with Crippen LogP contribution >= 0.6 is 0 Å². The summed E-state index contributed by atoms with van der Waals surface area (Å²) in [5, 5.41) is 14.6. The molecule has 0 amide bonds. The molecule has 0 spiro atoms. The van der Waals surface area contributed by atoms with E-state index < -0.39 is 0 Å². The summed E-state index contributed by atoms with van der Waals surface area (Å²) in [4.78, 5) is 10.2. The number of para-hydroxylation sites is 2. The Balaban J connectivity index is 1.25. The zero-order valence-electron chi connectivity index (χ0n) is 28.0. The number of hydrogen-bond acceptors (Lipinski definition) is 3. The van der Waals surface area contributed by atoms with Crippen molar-refractivity contribution in [3.63, 3.8) is 0 Å². The van der Waals surface area contributed by atoms with Crippen molar-refractivity contribution in [3.8, 4) is 51.1 Å². The third-order valence-corrected chi connectivity index (χ3v) is 9.99. The summed E-state index contributed by atoms with van der Waals surface area (Å²) in [5.41, 5.74) is 12.5. The highest BCUT2D eigenvalue weighted by Crippen LogP contribution is 2.42. The van der Waals surface area contributed by atoms with E-state index in [0.717, 1.165) is 78.0 Å². The molecule has 4 aromatic heterocycles. The molecule has 0 unspecified atom stereocenters. The molecule has 4 heterocycles. The van der Waals surface area contributed by atoms with Gasteiger partial charge in [0.2, 0.25) is 0 Å². The third kappa shape index (κ3) is 4.63. The summed E-state index contributed by atoms with van der Waals surface area (Å²) in [6.45, 7) is 0. The molecule has 242 valence electrons. The van der Waals surface area contributed by atoms with Gasteiger partial charge in [-0.25, -0.2) is 9.97 Å². The molecule has 10 aromatic rings. The van der Waals surface area contributed by atoms with Crippen LogP contribution in [0.2, 0.25) is 0 Å². The van der Waals surface area contributed by atoms with Gasteiger partial charge in [-0.05, 0) is 77.9 Å². The Labute approximate surface area is 299 Å². The Bertz CT molecular complexity index is 3020. The standard InChI is InChI=1S/C47H29N5/c48-30-33-15-7-8-20-37(33)42-29-34(31-13-3-1-4-14-31)28-41(50-42)32-16-11-19-36(27-32)52-46-38(39-22-12-26-49-47(39)52)24-25-44-45(46)40-21-9-10-23-43(40)51(44)35-17-5-2-6-18-35/h1-29H. The lowest BCUT2D eigenvalue weighted by Gasteiger charge is -2.13. The number of nitriles is 1. The van der Waals surface area contributed by atoms with Crippen molar-refractivity contribution >= 4 is 43.7 Å². The van der Waals surface area contributed by atoms with Crippen molar-refractivity contribution in [3.05, 3.63) is 182 Å². The predicted octanol–water partition coefficient (Wildman–Crippen LogP) is 11.5. The number of aromatic nitrogens is 4. The van der Waals surface area contributed by atoms with Crippen LogP contribution in [-0.2, 0) is 0 Å². The van der Waals surface area contributed by atoms with Gasteiger partial charge in [0.05, 0.1) is 39.6 Å². The molecule has 0 saturated carbocycles. The van der Waals surface area contributed by atoms with E-state index >= 15 is 0 Å². The van der Waals surface area contributed by atoms with Gasteiger partial charge in [-0.3, -0.25) is 4.57 Å². The first kappa shape index (κ1) is 29.6. The Morgan fingerprint density at radius 3 is 2.06 bits per heavy atom. The average molecular weight is 664 g/mol. The molecule has 0 radical (unpaired) electrons. The van der Waals surface area contributed by atoms with E-state index in [9.17, 15) is 5.26 Å². The second-order valence-electron chi connectivity index (χ2n) is 13.0. The van der Waals surface area contributed by atoms with Crippen LogP contribution in [0.15, 0.2) is 176 Å². The number of benzene rings is 6. The van der Waals surface area contributed by atoms with Crippen LogP contribution < -0.4 is 0 Å². The zero-order chi connectivity index (χ0) is 34.6. The van der Waals surface area contributed by atoms with E-state index in [1.807, 2.05) is 54.7 Å². The first-order valence-electron chi connectivity index (χ1n) is 17.3. The van der Waals surface area contributed by atoms with Crippen molar-refractivity contribution in [1.29, 1.82) is 5.26 Å². The fourth-order valence-corrected chi connectivity index (χ4v) is 7.71. The minimum absolute atomic E-state index is 0.593. The lowest BCUT2D eigenvalue weighted by atomic mass is 9.98. The highest BCUT2D eigenvalue weighted by Gasteiger charge is 2.21. The molecule has 0 bridgehead atoms. The minimum atomic E-state index is 0.593. The smallest absolute Gasteiger partial charge is 0.145 e. The number of nitrogens with zero attached hydrogens (tertiary/aromatic N) is 5. The molecule has 0 aliphatic heterocycles. The first-order valence-corrected chi connectivity index (χ1v) is 17.3. The highest BCUT2D eigenvalue weighted by molar-refractivity contribution is 6.25. The van der Waals surface area contributed by atoms with E-state index in [0.29, 0.717) is 5.56 Å². The van der Waals surface area contributed by atoms with Gasteiger partial charge in [-0.2, -0.15) is 5.26 Å². The van der Waals surface area contributed by atoms with Gasteiger partial charge in [-0.15, -0.1) is 0 Å². The van der Waals surface area contributed by atoms with E-state index in [4.69, 9.17) is 9.97 Å². The molecule has 0 saturated heterocycles. The lowest BCUT2D eigenvalue weighted by Crippen LogP contribution is -1.98. The Morgan fingerprint density at radius 2 is 1.19 bits per heavy atom. The van der Waals surface area contributed by atoms with Gasteiger partial charge < -0.3 is 4.57 Å². The maximum Gasteiger partial charge on any atom is 0.145 e. The van der Waals surface area contributed by atoms with Crippen LogP contribution in [0.4, 0.5) is 0 Å². The van der Waals surface area contributed by atoms with Gasteiger partial charge in [0.25, 0.3) is 0 Å². The molecular formula is C47H29N5. The van der Waals surface area contributed by atoms with Gasteiger partial charge in [0, 0.05) is 50.2 Å². The molecular weight excluding hydrogens is 635 g/mol. The summed E-state index contributed by atoms with van der Waals surface area (Å²) < 4.78 is 4.67. The number of rotatable bonds is 5. The largest absolute Gasteiger partial charge is 0.309 e. The molecule has 6 aromatic carbocycles. The van der Waals surface area contributed by atoms with Crippen LogP contribution in [0.5, 0.6) is 0 Å². The summed E-state index contributed by atoms with van der Waals surface area (Å²) in [7, 11) is 0. The lowest BCUT2D eigenvalue weighted by molar-refractivity contribution is 1.14. The Morgan fingerprint density at radius 1 is 0.481 bits per heavy atom. The van der Waals surface area contributed by atoms with Crippen molar-refractivity contribution in [2.75, 3.05) is 0 Å². The van der Waals surface area contributed by atoms with Crippen molar-refractivity contribution in [1.82, 2.24) is 19.1 Å². The molecule has 0 fully saturated rings. The fraction of sp³-hybridized carbons (Fsp3) is 0. The van der Waals surface area contributed by atoms with Crippen LogP contribution in [0.25, 0.3) is 88.8 Å². The molecule has 52 heavy (non-hydrogen) atoms. The van der Waals surface area contributed by atoms with Gasteiger partial charge in [-0.1, -0.05) is 103 Å². The maximum atomic E-state index is 9.99. The summed E-state index contributed by atoms with van der Waals surface area (Å²) in [6.07, 6.45) is 1.87. The van der Waals surface area contributed by atoms with Crippen LogP contribution in [0.3, 0.4) is 0 Å². The summed E-state index contributed by atoms with van der Waals surface area (Å²) in [6, 6.07) is 61.0. The minimum Gasteiger partial charge on any atom is -0.309 e. The Kier molecular flexibility index (Phi) is 6.80. The zero-order valence-corrected chi connectivity index (χ0v) is 28.0. The molecule has 0 aliphatic carbocycles. The highest BCUT2D eigenvalue weighted by atomic mass is 15.1. The second kappa shape index (κ2) is 11.9. The van der Waals surface area contributed by atoms with Crippen LogP contribution in [-0.4, -0.2) is 19.1 Å². The average Bonchev–Trinajstić information content (AvgIpc) is 3.74. The van der Waals surface area contributed by atoms with Crippen molar-refractivity contribution < 1.29 is 0 Å². The second-order valence-corrected chi connectivity index (χ2v) is 13.0. The fourth-order valence-electron chi connectivity index (χ4n) is 7.71. The van der Waals surface area contributed by atoms with Crippen molar-refractivity contribution in [2.45, 2.75) is 0 Å². The third-order valence-electron chi connectivity index (χ3n) is 9.99. The molecule has 0 aliphatic rings. The van der Waals surface area contributed by atoms with Crippen LogP contribution in [0.1, 0.15) is 5.56 Å². The van der Waals surface area contributed by atoms with E-state index in [2.05, 4.69) is 137 Å². The number of fused-ring (bicyclic) bond motifs is 7. The van der Waals surface area contributed by atoms with E-state index in [-0.39, 0.29) is 0 Å². The van der Waals surface area contributed by atoms with Crippen molar-refractivity contribution in [2.24, 2.45) is 0 Å². The number of pyridine rings is 2. The van der Waals surface area contributed by atoms with Gasteiger partial charge in [0.15, 0.2) is 0 Å². The van der Waals surface area contributed by atoms with Gasteiger partial charge in [0.1, 0.15) is 5.65 Å². The molecule has 10 rings (SSSR count). The van der Waals surface area contributed by atoms with E-state index in [1.165, 1.54) is 10.8 Å². The topological polar surface area (TPSA) is 59.4 Å². The first-order chi connectivity index (χ1) is 25.8. The quantitative estimate of drug-likeness (QED) is 0.184. The van der Waals surface area contributed by atoms with Crippen LogP contribution in [0, 0.1) is 11.3 Å². The molecule has 5 heteroatoms. The SMILES string of the molecule is N#Cc1ccccc1-c1cc(-c2ccccc2)cc(-c2cccc(-n3c4ncccc4c4ccc5c(c6ccccc6n5-c5ccccc5)c43)c2)n1. The summed E-state index contributed by atoms with van der Waals surface area (Å²) in [5.74, 6) is 0. The van der Waals surface area contributed by atoms with Gasteiger partial charge >= 0.3 is 0 Å². The predicted molar refractivity (Wildman–Crippen MR) is 212 cm³/mol. The maximum absolute atomic E-state index is 9.99. The normalized spacial score (nSPS) is 11.4.